The van der Waals surface area contributed by atoms with E-state index in [-0.39, 0.29) is 0 Å². The van der Waals surface area contributed by atoms with Crippen molar-refractivity contribution in [2.75, 3.05) is 52.4 Å². The molecule has 2 saturated heterocycles. The Balaban J connectivity index is 1.70. The van der Waals surface area contributed by atoms with Gasteiger partial charge in [-0.25, -0.2) is 0 Å². The highest BCUT2D eigenvalue weighted by Crippen LogP contribution is 2.20. The van der Waals surface area contributed by atoms with Gasteiger partial charge < -0.3 is 15.5 Å². The average molecular weight is 364 g/mol. The maximum atomic E-state index is 4.86. The van der Waals surface area contributed by atoms with Crippen molar-refractivity contribution < 1.29 is 0 Å². The van der Waals surface area contributed by atoms with Gasteiger partial charge in [0.05, 0.1) is 0 Å². The van der Waals surface area contributed by atoms with E-state index in [0.717, 1.165) is 44.6 Å². The molecule has 2 heterocycles. The van der Waals surface area contributed by atoms with Crippen LogP contribution in [0.2, 0.25) is 0 Å². The largest absolute Gasteiger partial charge is 0.357 e. The van der Waals surface area contributed by atoms with E-state index in [1.165, 1.54) is 57.3 Å². The number of nitrogens with one attached hydrogen (secondary N) is 2. The lowest BCUT2D eigenvalue weighted by Crippen LogP contribution is -2.49. The molecular weight excluding hydrogens is 322 g/mol. The fourth-order valence-corrected chi connectivity index (χ4v) is 4.08. The van der Waals surface area contributed by atoms with Crippen molar-refractivity contribution in [1.82, 2.24) is 20.4 Å². The summed E-state index contributed by atoms with van der Waals surface area (Å²) in [5.74, 6) is 1.87. The fraction of sp³-hybridized carbons (Fsp3) is 0.857. The Labute approximate surface area is 161 Å². The molecule has 2 fully saturated rings. The van der Waals surface area contributed by atoms with Gasteiger partial charge in [-0.05, 0) is 71.5 Å². The van der Waals surface area contributed by atoms with Crippen molar-refractivity contribution in [1.29, 1.82) is 0 Å². The third-order valence-corrected chi connectivity index (χ3v) is 5.73. The van der Waals surface area contributed by atoms with Crippen LogP contribution in [0.25, 0.3) is 0 Å². The van der Waals surface area contributed by atoms with Gasteiger partial charge in [0.15, 0.2) is 5.96 Å². The molecule has 2 N–H and O–H groups in total. The molecular formula is C21H41N5. The Morgan fingerprint density at radius 1 is 1.04 bits per heavy atom. The molecule has 0 spiro atoms. The van der Waals surface area contributed by atoms with Crippen LogP contribution >= 0.6 is 0 Å². The van der Waals surface area contributed by atoms with Crippen molar-refractivity contribution in [2.24, 2.45) is 10.9 Å². The van der Waals surface area contributed by atoms with E-state index in [0.29, 0.717) is 6.04 Å². The maximum Gasteiger partial charge on any atom is 0.191 e. The van der Waals surface area contributed by atoms with E-state index >= 15 is 0 Å². The summed E-state index contributed by atoms with van der Waals surface area (Å²) in [6, 6.07) is 0.543. The highest BCUT2D eigenvalue weighted by atomic mass is 15.2. The molecule has 2 aliphatic rings. The zero-order chi connectivity index (χ0) is 18.8. The lowest BCUT2D eigenvalue weighted by Gasteiger charge is -2.33. The number of guanidine groups is 1. The molecule has 2 aliphatic heterocycles. The zero-order valence-electron chi connectivity index (χ0n) is 17.4. The summed E-state index contributed by atoms with van der Waals surface area (Å²) in [6.45, 7) is 19.5. The first-order valence-electron chi connectivity index (χ1n) is 10.7. The molecule has 0 aromatic rings. The lowest BCUT2D eigenvalue weighted by atomic mass is 9.94. The lowest BCUT2D eigenvalue weighted by molar-refractivity contribution is 0.188. The standard InChI is InChI=1S/C21H41N5/c1-5-22-21(23-12-7-19-8-13-25(6-2)14-9-19)24-20-10-15-26(16-11-20)17-18(3)4/h19-20H,3,5-17H2,1-2,4H3,(H2,22,23,24). The first kappa shape index (κ1) is 21.2. The van der Waals surface area contributed by atoms with Crippen molar-refractivity contribution in [3.63, 3.8) is 0 Å². The minimum absolute atomic E-state index is 0.543. The zero-order valence-corrected chi connectivity index (χ0v) is 17.4. The molecule has 0 amide bonds. The Kier molecular flexibility index (Phi) is 9.48. The summed E-state index contributed by atoms with van der Waals surface area (Å²) in [5, 5.41) is 7.10. The average Bonchev–Trinajstić information content (AvgIpc) is 2.63. The van der Waals surface area contributed by atoms with E-state index in [1.807, 2.05) is 0 Å². The molecule has 0 aromatic heterocycles. The summed E-state index contributed by atoms with van der Waals surface area (Å²) >= 11 is 0. The Bertz CT molecular complexity index is 432. The minimum Gasteiger partial charge on any atom is -0.357 e. The van der Waals surface area contributed by atoms with Crippen molar-refractivity contribution >= 4 is 5.96 Å². The van der Waals surface area contributed by atoms with Gasteiger partial charge in [0.1, 0.15) is 0 Å². The number of nitrogens with zero attached hydrogens (tertiary/aromatic N) is 3. The summed E-state index contributed by atoms with van der Waals surface area (Å²) in [6.07, 6.45) is 6.29. The van der Waals surface area contributed by atoms with Gasteiger partial charge >= 0.3 is 0 Å². The molecule has 0 atom stereocenters. The molecule has 0 bridgehead atoms. The third kappa shape index (κ3) is 7.67. The molecule has 5 nitrogen and oxygen atoms in total. The highest BCUT2D eigenvalue weighted by molar-refractivity contribution is 5.80. The summed E-state index contributed by atoms with van der Waals surface area (Å²) in [7, 11) is 0. The molecule has 2 rings (SSSR count). The van der Waals surface area contributed by atoms with E-state index in [1.54, 1.807) is 0 Å². The molecule has 0 saturated carbocycles. The van der Waals surface area contributed by atoms with Crippen LogP contribution in [-0.2, 0) is 0 Å². The second-order valence-corrected chi connectivity index (χ2v) is 8.08. The second-order valence-electron chi connectivity index (χ2n) is 8.08. The van der Waals surface area contributed by atoms with E-state index in [4.69, 9.17) is 4.99 Å². The molecule has 26 heavy (non-hydrogen) atoms. The van der Waals surface area contributed by atoms with E-state index in [9.17, 15) is 0 Å². The predicted molar refractivity (Wildman–Crippen MR) is 113 cm³/mol. The Hall–Kier alpha value is -1.07. The number of likely N-dealkylation sites (tertiary alicyclic amines) is 2. The summed E-state index contributed by atoms with van der Waals surface area (Å²) < 4.78 is 0. The van der Waals surface area contributed by atoms with Crippen LogP contribution in [0.4, 0.5) is 0 Å². The highest BCUT2D eigenvalue weighted by Gasteiger charge is 2.20. The van der Waals surface area contributed by atoms with Crippen LogP contribution in [0.5, 0.6) is 0 Å². The number of piperidine rings is 2. The summed E-state index contributed by atoms with van der Waals surface area (Å²) in [4.78, 5) is 9.93. The van der Waals surface area contributed by atoms with Crippen LogP contribution < -0.4 is 10.6 Å². The third-order valence-electron chi connectivity index (χ3n) is 5.73. The van der Waals surface area contributed by atoms with Gasteiger partial charge in [-0.2, -0.15) is 0 Å². The number of hydrogen-bond donors (Lipinski definition) is 2. The van der Waals surface area contributed by atoms with Gasteiger partial charge in [0.25, 0.3) is 0 Å². The van der Waals surface area contributed by atoms with E-state index in [2.05, 4.69) is 47.8 Å². The SMILES string of the molecule is C=C(C)CN1CCC(NC(=NCCC2CCN(CC)CC2)NCC)CC1. The van der Waals surface area contributed by atoms with Crippen LogP contribution in [0.3, 0.4) is 0 Å². The Morgan fingerprint density at radius 2 is 1.69 bits per heavy atom. The molecule has 5 heteroatoms. The van der Waals surface area contributed by atoms with Crippen LogP contribution in [-0.4, -0.2) is 74.2 Å². The van der Waals surface area contributed by atoms with Gasteiger partial charge in [0, 0.05) is 38.8 Å². The maximum absolute atomic E-state index is 4.86. The second kappa shape index (κ2) is 11.6. The van der Waals surface area contributed by atoms with Gasteiger partial charge in [-0.1, -0.05) is 19.1 Å². The van der Waals surface area contributed by atoms with Crippen LogP contribution in [0, 0.1) is 5.92 Å². The van der Waals surface area contributed by atoms with Crippen LogP contribution in [0.1, 0.15) is 52.9 Å². The van der Waals surface area contributed by atoms with Crippen molar-refractivity contribution in [3.05, 3.63) is 12.2 Å². The molecule has 0 aliphatic carbocycles. The first-order valence-corrected chi connectivity index (χ1v) is 10.7. The van der Waals surface area contributed by atoms with Gasteiger partial charge in [-0.3, -0.25) is 9.89 Å². The van der Waals surface area contributed by atoms with Crippen molar-refractivity contribution in [3.8, 4) is 0 Å². The van der Waals surface area contributed by atoms with E-state index < -0.39 is 0 Å². The monoisotopic (exact) mass is 363 g/mol. The molecule has 0 radical (unpaired) electrons. The smallest absolute Gasteiger partial charge is 0.191 e. The minimum atomic E-state index is 0.543. The summed E-state index contributed by atoms with van der Waals surface area (Å²) in [5.41, 5.74) is 1.26. The fourth-order valence-electron chi connectivity index (χ4n) is 4.08. The Morgan fingerprint density at radius 3 is 2.27 bits per heavy atom. The topological polar surface area (TPSA) is 42.9 Å². The van der Waals surface area contributed by atoms with Gasteiger partial charge in [0.2, 0.25) is 0 Å². The number of rotatable bonds is 8. The van der Waals surface area contributed by atoms with Crippen molar-refractivity contribution in [2.45, 2.75) is 58.9 Å². The van der Waals surface area contributed by atoms with Crippen LogP contribution in [0.15, 0.2) is 17.1 Å². The quantitative estimate of drug-likeness (QED) is 0.395. The molecule has 0 aromatic carbocycles. The molecule has 0 unspecified atom stereocenters. The number of aliphatic imine (C=N–C) groups is 1. The predicted octanol–water partition coefficient (Wildman–Crippen LogP) is 2.70. The molecule has 150 valence electrons. The number of hydrogen-bond acceptors (Lipinski definition) is 3. The van der Waals surface area contributed by atoms with Gasteiger partial charge in [-0.15, -0.1) is 0 Å². The first-order chi connectivity index (χ1) is 12.6. The normalized spacial score (nSPS) is 21.7.